The lowest BCUT2D eigenvalue weighted by Gasteiger charge is -2.12. The Balaban J connectivity index is 2.94. The van der Waals surface area contributed by atoms with Crippen molar-refractivity contribution in [2.45, 2.75) is 40.2 Å². The zero-order valence-electron chi connectivity index (χ0n) is 9.53. The van der Waals surface area contributed by atoms with E-state index in [1.165, 1.54) is 0 Å². The highest BCUT2D eigenvalue weighted by Gasteiger charge is 2.12. The van der Waals surface area contributed by atoms with E-state index in [1.54, 1.807) is 6.20 Å². The van der Waals surface area contributed by atoms with E-state index in [4.69, 9.17) is 5.11 Å². The molecule has 1 aromatic rings. The second-order valence-electron chi connectivity index (χ2n) is 4.09. The van der Waals surface area contributed by atoms with Crippen molar-refractivity contribution in [3.8, 4) is 0 Å². The van der Waals surface area contributed by atoms with Gasteiger partial charge in [-0.1, -0.05) is 20.8 Å². The standard InChI is InChI=1S/C11H18N2O2/c1-4-10-12-6-9(5-11(14)15)13(10)7-8(2)3/h6,8H,4-5,7H2,1-3H3,(H,14,15). The zero-order chi connectivity index (χ0) is 11.4. The van der Waals surface area contributed by atoms with Gasteiger partial charge in [-0.3, -0.25) is 4.79 Å². The maximum Gasteiger partial charge on any atom is 0.309 e. The predicted molar refractivity (Wildman–Crippen MR) is 57.8 cm³/mol. The average molecular weight is 210 g/mol. The Hall–Kier alpha value is -1.32. The van der Waals surface area contributed by atoms with Gasteiger partial charge >= 0.3 is 5.97 Å². The van der Waals surface area contributed by atoms with Crippen molar-refractivity contribution in [1.29, 1.82) is 0 Å². The van der Waals surface area contributed by atoms with Crippen molar-refractivity contribution in [3.63, 3.8) is 0 Å². The molecule has 0 aliphatic rings. The molecule has 15 heavy (non-hydrogen) atoms. The van der Waals surface area contributed by atoms with Crippen LogP contribution >= 0.6 is 0 Å². The van der Waals surface area contributed by atoms with Crippen molar-refractivity contribution >= 4 is 5.97 Å². The van der Waals surface area contributed by atoms with Crippen LogP contribution in [0.5, 0.6) is 0 Å². The highest BCUT2D eigenvalue weighted by molar-refractivity contribution is 5.69. The molecule has 1 aromatic heterocycles. The van der Waals surface area contributed by atoms with Crippen LogP contribution in [0.25, 0.3) is 0 Å². The number of carboxylic acid groups (broad SMARTS) is 1. The Bertz CT molecular complexity index is 342. The van der Waals surface area contributed by atoms with Gasteiger partial charge in [0.2, 0.25) is 0 Å². The number of imidazole rings is 1. The van der Waals surface area contributed by atoms with Crippen molar-refractivity contribution < 1.29 is 9.90 Å². The molecule has 0 spiro atoms. The van der Waals surface area contributed by atoms with E-state index < -0.39 is 5.97 Å². The number of aryl methyl sites for hydroxylation is 1. The fraction of sp³-hybridized carbons (Fsp3) is 0.636. The van der Waals surface area contributed by atoms with E-state index in [9.17, 15) is 4.79 Å². The van der Waals surface area contributed by atoms with Crippen molar-refractivity contribution in [1.82, 2.24) is 9.55 Å². The third-order valence-electron chi connectivity index (χ3n) is 2.22. The average Bonchev–Trinajstić information content (AvgIpc) is 2.47. The molecule has 0 aliphatic carbocycles. The minimum atomic E-state index is -0.803. The van der Waals surface area contributed by atoms with Crippen LogP contribution in [0.1, 0.15) is 32.3 Å². The first kappa shape index (κ1) is 11.8. The third-order valence-corrected chi connectivity index (χ3v) is 2.22. The molecule has 1 N–H and O–H groups in total. The molecule has 0 fully saturated rings. The van der Waals surface area contributed by atoms with Gasteiger partial charge in [0.1, 0.15) is 5.82 Å². The minimum Gasteiger partial charge on any atom is -0.481 e. The molecule has 0 aromatic carbocycles. The van der Waals surface area contributed by atoms with Crippen LogP contribution in [0.4, 0.5) is 0 Å². The summed E-state index contributed by atoms with van der Waals surface area (Å²) in [5.41, 5.74) is 0.799. The second-order valence-corrected chi connectivity index (χ2v) is 4.09. The van der Waals surface area contributed by atoms with Crippen LogP contribution in [0.3, 0.4) is 0 Å². The SMILES string of the molecule is CCc1ncc(CC(=O)O)n1CC(C)C. The Morgan fingerprint density at radius 1 is 1.60 bits per heavy atom. The molecule has 1 heterocycles. The number of nitrogens with zero attached hydrogens (tertiary/aromatic N) is 2. The summed E-state index contributed by atoms with van der Waals surface area (Å²) in [5.74, 6) is 0.666. The molecule has 4 nitrogen and oxygen atoms in total. The predicted octanol–water partition coefficient (Wildman–Crippen LogP) is 1.73. The molecule has 4 heteroatoms. The highest BCUT2D eigenvalue weighted by atomic mass is 16.4. The smallest absolute Gasteiger partial charge is 0.309 e. The van der Waals surface area contributed by atoms with Crippen LogP contribution in [-0.4, -0.2) is 20.6 Å². The molecule has 1 rings (SSSR count). The first-order valence-electron chi connectivity index (χ1n) is 5.29. The Morgan fingerprint density at radius 3 is 2.73 bits per heavy atom. The van der Waals surface area contributed by atoms with Crippen LogP contribution < -0.4 is 0 Å². The van der Waals surface area contributed by atoms with Crippen molar-refractivity contribution in [3.05, 3.63) is 17.7 Å². The summed E-state index contributed by atoms with van der Waals surface area (Å²) < 4.78 is 2.03. The topological polar surface area (TPSA) is 55.1 Å². The van der Waals surface area contributed by atoms with Gasteiger partial charge in [0.05, 0.1) is 6.42 Å². The highest BCUT2D eigenvalue weighted by Crippen LogP contribution is 2.10. The Labute approximate surface area is 89.9 Å². The molecule has 0 saturated carbocycles. The quantitative estimate of drug-likeness (QED) is 0.805. The van der Waals surface area contributed by atoms with E-state index >= 15 is 0 Å². The molecule has 0 unspecified atom stereocenters. The van der Waals surface area contributed by atoms with Crippen LogP contribution in [0.15, 0.2) is 6.20 Å². The van der Waals surface area contributed by atoms with Crippen molar-refractivity contribution in [2.24, 2.45) is 5.92 Å². The van der Waals surface area contributed by atoms with E-state index in [0.717, 1.165) is 24.5 Å². The van der Waals surface area contributed by atoms with Gasteiger partial charge in [-0.25, -0.2) is 4.98 Å². The van der Waals surface area contributed by atoms with Crippen molar-refractivity contribution in [2.75, 3.05) is 0 Å². The molecule has 0 aliphatic heterocycles. The van der Waals surface area contributed by atoms with Crippen LogP contribution in [0, 0.1) is 5.92 Å². The monoisotopic (exact) mass is 210 g/mol. The summed E-state index contributed by atoms with van der Waals surface area (Å²) in [5, 5.41) is 8.77. The molecule has 0 saturated heterocycles. The van der Waals surface area contributed by atoms with Gasteiger partial charge in [0.25, 0.3) is 0 Å². The van der Waals surface area contributed by atoms with E-state index in [2.05, 4.69) is 18.8 Å². The number of hydrogen-bond acceptors (Lipinski definition) is 2. The summed E-state index contributed by atoms with van der Waals surface area (Å²) in [6.45, 7) is 7.10. The second kappa shape index (κ2) is 4.96. The van der Waals surface area contributed by atoms with E-state index in [-0.39, 0.29) is 6.42 Å². The lowest BCUT2D eigenvalue weighted by molar-refractivity contribution is -0.136. The fourth-order valence-corrected chi connectivity index (χ4v) is 1.62. The van der Waals surface area contributed by atoms with Gasteiger partial charge in [0.15, 0.2) is 0 Å². The summed E-state index contributed by atoms with van der Waals surface area (Å²) in [6.07, 6.45) is 2.57. The van der Waals surface area contributed by atoms with Gasteiger partial charge in [-0.15, -0.1) is 0 Å². The van der Waals surface area contributed by atoms with Gasteiger partial charge in [0, 0.05) is 24.9 Å². The Morgan fingerprint density at radius 2 is 2.27 bits per heavy atom. The maximum atomic E-state index is 10.7. The molecule has 0 atom stereocenters. The number of aromatic nitrogens is 2. The molecule has 0 amide bonds. The molecular formula is C11H18N2O2. The zero-order valence-corrected chi connectivity index (χ0v) is 9.53. The first-order chi connectivity index (χ1) is 7.04. The van der Waals surface area contributed by atoms with E-state index in [0.29, 0.717) is 5.92 Å². The van der Waals surface area contributed by atoms with Gasteiger partial charge in [-0.05, 0) is 5.92 Å². The number of carboxylic acids is 1. The molecule has 0 bridgehead atoms. The number of rotatable bonds is 5. The number of aliphatic carboxylic acids is 1. The maximum absolute atomic E-state index is 10.7. The normalized spacial score (nSPS) is 10.9. The largest absolute Gasteiger partial charge is 0.481 e. The summed E-state index contributed by atoms with van der Waals surface area (Å²) in [7, 11) is 0. The summed E-state index contributed by atoms with van der Waals surface area (Å²) >= 11 is 0. The fourth-order valence-electron chi connectivity index (χ4n) is 1.62. The molecule has 84 valence electrons. The van der Waals surface area contributed by atoms with Gasteiger partial charge < -0.3 is 9.67 Å². The van der Waals surface area contributed by atoms with E-state index in [1.807, 2.05) is 11.5 Å². The van der Waals surface area contributed by atoms with Crippen LogP contribution in [0.2, 0.25) is 0 Å². The van der Waals surface area contributed by atoms with Crippen LogP contribution in [-0.2, 0) is 24.2 Å². The minimum absolute atomic E-state index is 0.0553. The molecule has 0 radical (unpaired) electrons. The summed E-state index contributed by atoms with van der Waals surface area (Å²) in [6, 6.07) is 0. The molecular weight excluding hydrogens is 192 g/mol. The Kier molecular flexibility index (Phi) is 3.88. The summed E-state index contributed by atoms with van der Waals surface area (Å²) in [4.78, 5) is 14.9. The third kappa shape index (κ3) is 3.08. The number of hydrogen-bond donors (Lipinski definition) is 1. The lowest BCUT2D eigenvalue weighted by atomic mass is 10.2. The van der Waals surface area contributed by atoms with Gasteiger partial charge in [-0.2, -0.15) is 0 Å². The number of carbonyl (C=O) groups is 1. The lowest BCUT2D eigenvalue weighted by Crippen LogP contribution is -2.13. The first-order valence-corrected chi connectivity index (χ1v) is 5.29.